The number of rotatable bonds is 5. The Morgan fingerprint density at radius 1 is 0.340 bits per heavy atom. The van der Waals surface area contributed by atoms with Gasteiger partial charge in [0.15, 0.2) is 17.5 Å². The number of benzene rings is 6. The third kappa shape index (κ3) is 4.43. The Morgan fingerprint density at radius 3 is 1.58 bits per heavy atom. The minimum Gasteiger partial charge on any atom is -0.309 e. The van der Waals surface area contributed by atoms with Gasteiger partial charge in [-0.05, 0) is 42.5 Å². The third-order valence-electron chi connectivity index (χ3n) is 9.38. The highest BCUT2D eigenvalue weighted by atomic mass is 15.1. The van der Waals surface area contributed by atoms with Crippen LogP contribution in [0.15, 0.2) is 170 Å². The molecule has 6 aromatic carbocycles. The maximum absolute atomic E-state index is 5.26. The zero-order chi connectivity index (χ0) is 33.0. The zero-order valence-corrected chi connectivity index (χ0v) is 26.8. The lowest BCUT2D eigenvalue weighted by Crippen LogP contribution is -2.03. The topological polar surface area (TPSA) is 61.4 Å². The van der Waals surface area contributed by atoms with Gasteiger partial charge in [-0.1, -0.05) is 127 Å². The summed E-state index contributed by atoms with van der Waals surface area (Å²) in [5.41, 5.74) is 8.15. The van der Waals surface area contributed by atoms with Crippen molar-refractivity contribution in [1.82, 2.24) is 29.1 Å². The van der Waals surface area contributed by atoms with Crippen molar-refractivity contribution in [2.24, 2.45) is 0 Å². The second-order valence-corrected chi connectivity index (χ2v) is 12.3. The van der Waals surface area contributed by atoms with Crippen molar-refractivity contribution in [3.63, 3.8) is 0 Å². The molecule has 6 nitrogen and oxygen atoms in total. The summed E-state index contributed by atoms with van der Waals surface area (Å²) in [4.78, 5) is 20.1. The average molecular weight is 641 g/mol. The molecule has 0 N–H and O–H groups in total. The second kappa shape index (κ2) is 11.4. The molecule has 4 aromatic heterocycles. The molecular weight excluding hydrogens is 613 g/mol. The van der Waals surface area contributed by atoms with Gasteiger partial charge in [-0.15, -0.1) is 0 Å². The Morgan fingerprint density at radius 2 is 0.900 bits per heavy atom. The van der Waals surface area contributed by atoms with Gasteiger partial charge in [-0.25, -0.2) is 19.9 Å². The molecule has 10 aromatic rings. The Balaban J connectivity index is 1.23. The molecule has 0 aliphatic heterocycles. The number of fused-ring (bicyclic) bond motifs is 7. The van der Waals surface area contributed by atoms with E-state index in [1.165, 1.54) is 27.2 Å². The van der Waals surface area contributed by atoms with Gasteiger partial charge >= 0.3 is 0 Å². The van der Waals surface area contributed by atoms with Crippen LogP contribution in [0.2, 0.25) is 0 Å². The van der Waals surface area contributed by atoms with E-state index in [9.17, 15) is 0 Å². The van der Waals surface area contributed by atoms with Gasteiger partial charge in [0, 0.05) is 38.4 Å². The monoisotopic (exact) mass is 640 g/mol. The van der Waals surface area contributed by atoms with Gasteiger partial charge in [0.25, 0.3) is 0 Å². The third-order valence-corrected chi connectivity index (χ3v) is 9.38. The van der Waals surface area contributed by atoms with Crippen molar-refractivity contribution in [1.29, 1.82) is 0 Å². The van der Waals surface area contributed by atoms with Gasteiger partial charge in [-0.3, -0.25) is 4.57 Å². The summed E-state index contributed by atoms with van der Waals surface area (Å²) < 4.78 is 4.66. The van der Waals surface area contributed by atoms with Gasteiger partial charge in [-0.2, -0.15) is 0 Å². The van der Waals surface area contributed by atoms with Crippen LogP contribution in [0.1, 0.15) is 0 Å². The van der Waals surface area contributed by atoms with Crippen LogP contribution < -0.4 is 0 Å². The number of nitrogens with zero attached hydrogens (tertiary/aromatic N) is 6. The number of aromatic nitrogens is 6. The quantitative estimate of drug-likeness (QED) is 0.188. The fourth-order valence-corrected chi connectivity index (χ4v) is 7.20. The predicted molar refractivity (Wildman–Crippen MR) is 203 cm³/mol. The number of hydrogen-bond donors (Lipinski definition) is 0. The smallest absolute Gasteiger partial charge is 0.182 e. The van der Waals surface area contributed by atoms with E-state index in [-0.39, 0.29) is 0 Å². The highest BCUT2D eigenvalue weighted by Crippen LogP contribution is 2.41. The number of pyridine rings is 1. The molecule has 234 valence electrons. The average Bonchev–Trinajstić information content (AvgIpc) is 3.72. The standard InChI is InChI=1S/C44H28N6/c1-4-15-29(16-5-1)42-46-43(30-17-6-2-7-18-30)48-44(47-42)35-23-14-26-39(45-35)50-37-25-13-11-22-34(37)40-38(50)28-27-33-32-21-10-12-24-36(32)49(41(33)40)31-19-8-3-9-20-31/h1-28H. The van der Waals surface area contributed by atoms with Crippen LogP contribution in [-0.4, -0.2) is 29.1 Å². The maximum Gasteiger partial charge on any atom is 0.182 e. The van der Waals surface area contributed by atoms with Crippen LogP contribution in [0.4, 0.5) is 0 Å². The minimum atomic E-state index is 0.520. The minimum absolute atomic E-state index is 0.520. The van der Waals surface area contributed by atoms with Crippen molar-refractivity contribution < 1.29 is 0 Å². The van der Waals surface area contributed by atoms with Crippen LogP contribution in [0.25, 0.3) is 89.4 Å². The molecule has 4 heterocycles. The molecule has 0 aliphatic rings. The molecule has 0 bridgehead atoms. The van der Waals surface area contributed by atoms with Crippen molar-refractivity contribution in [2.75, 3.05) is 0 Å². The molecule has 0 atom stereocenters. The Bertz CT molecular complexity index is 2800. The first-order valence-corrected chi connectivity index (χ1v) is 16.7. The van der Waals surface area contributed by atoms with E-state index in [4.69, 9.17) is 19.9 Å². The molecular formula is C44H28N6. The van der Waals surface area contributed by atoms with Crippen molar-refractivity contribution in [3.8, 4) is 45.8 Å². The fraction of sp³-hybridized carbons (Fsp3) is 0. The first-order chi connectivity index (χ1) is 24.8. The SMILES string of the molecule is c1ccc(-c2nc(-c3ccccc3)nc(-c3cccc(-n4c5ccccc5c5c4ccc4c6ccccc6n(-c6ccccc6)c45)n3)n2)cc1. The lowest BCUT2D eigenvalue weighted by molar-refractivity contribution is 1.03. The van der Waals surface area contributed by atoms with Crippen molar-refractivity contribution >= 4 is 43.6 Å². The zero-order valence-electron chi connectivity index (χ0n) is 26.8. The molecule has 0 amide bonds. The highest BCUT2D eigenvalue weighted by molar-refractivity contribution is 6.26. The van der Waals surface area contributed by atoms with Crippen LogP contribution in [-0.2, 0) is 0 Å². The number of para-hydroxylation sites is 3. The second-order valence-electron chi connectivity index (χ2n) is 12.3. The predicted octanol–water partition coefficient (Wildman–Crippen LogP) is 10.5. The normalized spacial score (nSPS) is 11.6. The van der Waals surface area contributed by atoms with Crippen LogP contribution in [0.3, 0.4) is 0 Å². The Labute approximate surface area is 287 Å². The largest absolute Gasteiger partial charge is 0.309 e. The lowest BCUT2D eigenvalue weighted by Gasteiger charge is -2.11. The molecule has 50 heavy (non-hydrogen) atoms. The van der Waals surface area contributed by atoms with E-state index in [1.54, 1.807) is 0 Å². The van der Waals surface area contributed by atoms with Gasteiger partial charge in [0.1, 0.15) is 11.5 Å². The summed E-state index contributed by atoms with van der Waals surface area (Å²) in [7, 11) is 0. The number of hydrogen-bond acceptors (Lipinski definition) is 4. The van der Waals surface area contributed by atoms with E-state index in [0.717, 1.165) is 39.1 Å². The molecule has 0 unspecified atom stereocenters. The van der Waals surface area contributed by atoms with E-state index >= 15 is 0 Å². The Hall–Kier alpha value is -6.92. The van der Waals surface area contributed by atoms with Crippen LogP contribution in [0.5, 0.6) is 0 Å². The summed E-state index contributed by atoms with van der Waals surface area (Å²) in [6.45, 7) is 0. The van der Waals surface area contributed by atoms with Gasteiger partial charge in [0.05, 0.1) is 22.1 Å². The van der Waals surface area contributed by atoms with E-state index < -0.39 is 0 Å². The summed E-state index contributed by atoms with van der Waals surface area (Å²) in [5, 5.41) is 4.79. The van der Waals surface area contributed by atoms with Gasteiger partial charge in [0.2, 0.25) is 0 Å². The van der Waals surface area contributed by atoms with Crippen LogP contribution in [0, 0.1) is 0 Å². The summed E-state index contributed by atoms with van der Waals surface area (Å²) in [6.07, 6.45) is 0. The first-order valence-electron chi connectivity index (χ1n) is 16.7. The fourth-order valence-electron chi connectivity index (χ4n) is 7.20. The molecule has 0 saturated carbocycles. The maximum atomic E-state index is 5.26. The summed E-state index contributed by atoms with van der Waals surface area (Å²) in [5.74, 6) is 2.52. The molecule has 0 saturated heterocycles. The highest BCUT2D eigenvalue weighted by Gasteiger charge is 2.21. The van der Waals surface area contributed by atoms with Crippen molar-refractivity contribution in [3.05, 3.63) is 170 Å². The van der Waals surface area contributed by atoms with E-state index in [2.05, 4.69) is 106 Å². The summed E-state index contributed by atoms with van der Waals surface area (Å²) >= 11 is 0. The first kappa shape index (κ1) is 28.1. The summed E-state index contributed by atoms with van der Waals surface area (Å²) in [6, 6.07) is 58.5. The van der Waals surface area contributed by atoms with E-state index in [1.807, 2.05) is 72.8 Å². The molecule has 0 radical (unpaired) electrons. The van der Waals surface area contributed by atoms with E-state index in [0.29, 0.717) is 23.2 Å². The van der Waals surface area contributed by atoms with Gasteiger partial charge < -0.3 is 4.57 Å². The van der Waals surface area contributed by atoms with Crippen molar-refractivity contribution in [2.45, 2.75) is 0 Å². The molecule has 6 heteroatoms. The molecule has 0 spiro atoms. The molecule has 10 rings (SSSR count). The Kier molecular flexibility index (Phi) is 6.39. The van der Waals surface area contributed by atoms with Crippen LogP contribution >= 0.6 is 0 Å². The lowest BCUT2D eigenvalue weighted by atomic mass is 10.1. The molecule has 0 fully saturated rings. The molecule has 0 aliphatic carbocycles.